The third kappa shape index (κ3) is 3.25. The fourth-order valence-corrected chi connectivity index (χ4v) is 3.05. The van der Waals surface area contributed by atoms with Gasteiger partial charge in [-0.25, -0.2) is 0 Å². The van der Waals surface area contributed by atoms with Crippen LogP contribution in [0.1, 0.15) is 29.7 Å². The lowest BCUT2D eigenvalue weighted by atomic mass is 10.1. The first-order valence-corrected chi connectivity index (χ1v) is 7.22. The van der Waals surface area contributed by atoms with Crippen molar-refractivity contribution in [1.29, 1.82) is 0 Å². The predicted octanol–water partition coefficient (Wildman–Crippen LogP) is 4.65. The summed E-state index contributed by atoms with van der Waals surface area (Å²) in [6, 6.07) is 8.75. The molecule has 2 aromatic carbocycles. The fraction of sp³-hybridized carbons (Fsp3) is 0.250. The van der Waals surface area contributed by atoms with Crippen molar-refractivity contribution in [2.75, 3.05) is 5.32 Å². The van der Waals surface area contributed by atoms with Crippen molar-refractivity contribution in [2.24, 2.45) is 0 Å². The second-order valence-corrected chi connectivity index (χ2v) is 5.94. The monoisotopic (exact) mass is 335 g/mol. The Morgan fingerprint density at radius 2 is 1.60 bits per heavy atom. The number of hydrogen-bond acceptors (Lipinski definition) is 3. The van der Waals surface area contributed by atoms with Crippen molar-refractivity contribution in [2.45, 2.75) is 26.8 Å². The average Bonchev–Trinajstić information content (AvgIpc) is 2.32. The molecule has 106 valence electrons. The van der Waals surface area contributed by atoms with Crippen molar-refractivity contribution in [3.63, 3.8) is 0 Å². The molecule has 0 aromatic heterocycles. The van der Waals surface area contributed by atoms with Gasteiger partial charge in [-0.1, -0.05) is 6.07 Å². The zero-order chi connectivity index (χ0) is 14.9. The predicted molar refractivity (Wildman–Crippen MR) is 85.4 cm³/mol. The van der Waals surface area contributed by atoms with E-state index in [2.05, 4.69) is 40.3 Å². The van der Waals surface area contributed by atoms with Gasteiger partial charge in [0.15, 0.2) is 0 Å². The number of phenols is 2. The van der Waals surface area contributed by atoms with Gasteiger partial charge in [0.25, 0.3) is 0 Å². The van der Waals surface area contributed by atoms with Crippen molar-refractivity contribution >= 4 is 21.6 Å². The molecule has 0 heterocycles. The lowest BCUT2D eigenvalue weighted by Gasteiger charge is -2.19. The summed E-state index contributed by atoms with van der Waals surface area (Å²) in [5, 5.41) is 22.5. The summed E-state index contributed by atoms with van der Waals surface area (Å²) in [5.74, 6) is 0.127. The van der Waals surface area contributed by atoms with E-state index in [9.17, 15) is 10.2 Å². The van der Waals surface area contributed by atoms with Gasteiger partial charge in [-0.2, -0.15) is 0 Å². The van der Waals surface area contributed by atoms with Gasteiger partial charge in [0.05, 0.1) is 5.69 Å². The van der Waals surface area contributed by atoms with Gasteiger partial charge < -0.3 is 15.5 Å². The largest absolute Gasteiger partial charge is 0.508 e. The maximum Gasteiger partial charge on any atom is 0.119 e. The van der Waals surface area contributed by atoms with E-state index in [4.69, 9.17) is 0 Å². The number of phenolic OH excluding ortho intramolecular Hbond substituents is 2. The van der Waals surface area contributed by atoms with Gasteiger partial charge in [-0.15, -0.1) is 0 Å². The Morgan fingerprint density at radius 1 is 1.00 bits per heavy atom. The van der Waals surface area contributed by atoms with E-state index >= 15 is 0 Å². The van der Waals surface area contributed by atoms with Gasteiger partial charge in [0, 0.05) is 16.6 Å². The normalized spacial score (nSPS) is 12.2. The molecule has 0 saturated carbocycles. The Hall–Kier alpha value is -1.68. The molecule has 2 rings (SSSR count). The summed E-state index contributed by atoms with van der Waals surface area (Å²) in [5.41, 5.74) is 4.19. The Morgan fingerprint density at radius 3 is 2.15 bits per heavy atom. The Balaban J connectivity index is 2.30. The lowest BCUT2D eigenvalue weighted by molar-refractivity contribution is 0.448. The van der Waals surface area contributed by atoms with Crippen LogP contribution < -0.4 is 5.32 Å². The molecular weight excluding hydrogens is 318 g/mol. The fourth-order valence-electron chi connectivity index (χ4n) is 2.27. The molecule has 0 amide bonds. The first-order valence-electron chi connectivity index (χ1n) is 6.43. The second kappa shape index (κ2) is 5.75. The SMILES string of the molecule is Cc1cc(C)c(NC(C)c2cc(O)cc(O)c2)c(Br)c1. The highest BCUT2D eigenvalue weighted by molar-refractivity contribution is 9.10. The Kier molecular flexibility index (Phi) is 4.23. The van der Waals surface area contributed by atoms with Crippen LogP contribution in [0.15, 0.2) is 34.8 Å². The van der Waals surface area contributed by atoms with Crippen LogP contribution in [-0.4, -0.2) is 10.2 Å². The van der Waals surface area contributed by atoms with E-state index in [1.165, 1.54) is 11.6 Å². The first kappa shape index (κ1) is 14.7. The smallest absolute Gasteiger partial charge is 0.119 e. The van der Waals surface area contributed by atoms with Crippen molar-refractivity contribution in [1.82, 2.24) is 0 Å². The minimum absolute atomic E-state index is 0.0364. The van der Waals surface area contributed by atoms with E-state index in [0.29, 0.717) is 0 Å². The van der Waals surface area contributed by atoms with Crippen molar-refractivity contribution in [3.8, 4) is 11.5 Å². The minimum atomic E-state index is -0.0364. The first-order chi connectivity index (χ1) is 9.36. The molecule has 0 radical (unpaired) electrons. The molecule has 2 aromatic rings. The van der Waals surface area contributed by atoms with Gasteiger partial charge in [-0.05, 0) is 71.6 Å². The highest BCUT2D eigenvalue weighted by Gasteiger charge is 2.12. The molecule has 0 bridgehead atoms. The number of anilines is 1. The maximum absolute atomic E-state index is 9.56. The summed E-state index contributed by atoms with van der Waals surface area (Å²) in [6.07, 6.45) is 0. The van der Waals surface area contributed by atoms with Crippen LogP contribution in [0, 0.1) is 13.8 Å². The molecule has 3 nitrogen and oxygen atoms in total. The highest BCUT2D eigenvalue weighted by atomic mass is 79.9. The highest BCUT2D eigenvalue weighted by Crippen LogP contribution is 2.32. The summed E-state index contributed by atoms with van der Waals surface area (Å²) >= 11 is 3.57. The van der Waals surface area contributed by atoms with Gasteiger partial charge in [0.1, 0.15) is 11.5 Å². The molecule has 0 saturated heterocycles. The van der Waals surface area contributed by atoms with E-state index < -0.39 is 0 Å². The lowest BCUT2D eigenvalue weighted by Crippen LogP contribution is -2.08. The van der Waals surface area contributed by atoms with Crippen LogP contribution in [0.5, 0.6) is 11.5 Å². The van der Waals surface area contributed by atoms with Crippen LogP contribution in [0.3, 0.4) is 0 Å². The van der Waals surface area contributed by atoms with Gasteiger partial charge >= 0.3 is 0 Å². The molecule has 3 N–H and O–H groups in total. The summed E-state index contributed by atoms with van der Waals surface area (Å²) < 4.78 is 1.01. The molecule has 0 fully saturated rings. The standard InChI is InChI=1S/C16H18BrNO2/c1-9-4-10(2)16(15(17)5-9)18-11(3)12-6-13(19)8-14(20)7-12/h4-8,11,18-20H,1-3H3. The average molecular weight is 336 g/mol. The van der Waals surface area contributed by atoms with Crippen LogP contribution >= 0.6 is 15.9 Å². The molecule has 0 aliphatic rings. The van der Waals surface area contributed by atoms with E-state index in [0.717, 1.165) is 21.3 Å². The third-order valence-electron chi connectivity index (χ3n) is 3.22. The zero-order valence-electron chi connectivity index (χ0n) is 11.7. The summed E-state index contributed by atoms with van der Waals surface area (Å²) in [7, 11) is 0. The molecule has 4 heteroatoms. The second-order valence-electron chi connectivity index (χ2n) is 5.09. The molecular formula is C16H18BrNO2. The van der Waals surface area contributed by atoms with Gasteiger partial charge in [0.2, 0.25) is 0 Å². The summed E-state index contributed by atoms with van der Waals surface area (Å²) in [6.45, 7) is 6.09. The number of aromatic hydroxyl groups is 2. The van der Waals surface area contributed by atoms with E-state index in [1.54, 1.807) is 12.1 Å². The quantitative estimate of drug-likeness (QED) is 0.765. The molecule has 1 unspecified atom stereocenters. The maximum atomic E-state index is 9.56. The number of benzene rings is 2. The summed E-state index contributed by atoms with van der Waals surface area (Å²) in [4.78, 5) is 0. The van der Waals surface area contributed by atoms with Crippen LogP contribution in [0.2, 0.25) is 0 Å². The zero-order valence-corrected chi connectivity index (χ0v) is 13.3. The topological polar surface area (TPSA) is 52.5 Å². The number of hydrogen-bond donors (Lipinski definition) is 3. The Labute approximate surface area is 127 Å². The van der Waals surface area contributed by atoms with Crippen molar-refractivity contribution < 1.29 is 10.2 Å². The molecule has 20 heavy (non-hydrogen) atoms. The molecule has 0 spiro atoms. The van der Waals surface area contributed by atoms with Crippen LogP contribution in [0.4, 0.5) is 5.69 Å². The Bertz CT molecular complexity index is 597. The minimum Gasteiger partial charge on any atom is -0.508 e. The van der Waals surface area contributed by atoms with Gasteiger partial charge in [-0.3, -0.25) is 0 Å². The number of rotatable bonds is 3. The third-order valence-corrected chi connectivity index (χ3v) is 3.84. The molecule has 1 atom stereocenters. The molecule has 0 aliphatic heterocycles. The van der Waals surface area contributed by atoms with E-state index in [-0.39, 0.29) is 17.5 Å². The van der Waals surface area contributed by atoms with Crippen molar-refractivity contribution in [3.05, 3.63) is 51.5 Å². The number of nitrogens with one attached hydrogen (secondary N) is 1. The van der Waals surface area contributed by atoms with Crippen LogP contribution in [-0.2, 0) is 0 Å². The van der Waals surface area contributed by atoms with Crippen LogP contribution in [0.25, 0.3) is 0 Å². The number of aryl methyl sites for hydroxylation is 2. The number of halogens is 1. The van der Waals surface area contributed by atoms with E-state index in [1.807, 2.05) is 13.8 Å². The molecule has 0 aliphatic carbocycles.